The standard InChI is InChI=1S/C21H26N2O3/c1-5-23(6-2)15-9-7-14(8-10-15)17-13-20(24)22-18-11-16(25-3)12-19(26-4)21(17)18/h7-12,17H,5-6,13H2,1-4H3,(H,22,24). The number of fused-ring (bicyclic) bond motifs is 1. The normalized spacial score (nSPS) is 15.8. The van der Waals surface area contributed by atoms with Gasteiger partial charge < -0.3 is 19.7 Å². The summed E-state index contributed by atoms with van der Waals surface area (Å²) in [6.45, 7) is 6.24. The molecule has 1 amide bonds. The molecule has 26 heavy (non-hydrogen) atoms. The quantitative estimate of drug-likeness (QED) is 0.851. The lowest BCUT2D eigenvalue weighted by Gasteiger charge is -2.29. The van der Waals surface area contributed by atoms with Gasteiger partial charge >= 0.3 is 0 Å². The summed E-state index contributed by atoms with van der Waals surface area (Å²) in [6, 6.07) is 12.2. The number of amides is 1. The van der Waals surface area contributed by atoms with Crippen LogP contribution in [0.5, 0.6) is 11.5 Å². The van der Waals surface area contributed by atoms with E-state index in [2.05, 4.69) is 48.3 Å². The van der Waals surface area contributed by atoms with E-state index in [4.69, 9.17) is 9.47 Å². The molecule has 1 aliphatic heterocycles. The zero-order chi connectivity index (χ0) is 18.7. The third-order valence-electron chi connectivity index (χ3n) is 5.01. The van der Waals surface area contributed by atoms with Gasteiger partial charge in [0, 0.05) is 48.8 Å². The van der Waals surface area contributed by atoms with Crippen molar-refractivity contribution >= 4 is 17.3 Å². The molecule has 0 spiro atoms. The number of rotatable bonds is 6. The number of carbonyl (C=O) groups excluding carboxylic acids is 1. The van der Waals surface area contributed by atoms with E-state index in [1.807, 2.05) is 12.1 Å². The Labute approximate surface area is 154 Å². The smallest absolute Gasteiger partial charge is 0.225 e. The number of anilines is 2. The number of hydrogen-bond acceptors (Lipinski definition) is 4. The predicted octanol–water partition coefficient (Wildman–Crippen LogP) is 4.02. The monoisotopic (exact) mass is 354 g/mol. The Kier molecular flexibility index (Phi) is 5.35. The molecule has 0 aliphatic carbocycles. The number of hydrogen-bond donors (Lipinski definition) is 1. The number of nitrogens with one attached hydrogen (secondary N) is 1. The van der Waals surface area contributed by atoms with Crippen LogP contribution in [0, 0.1) is 0 Å². The van der Waals surface area contributed by atoms with E-state index >= 15 is 0 Å². The Hall–Kier alpha value is -2.69. The summed E-state index contributed by atoms with van der Waals surface area (Å²) in [5.41, 5.74) is 4.07. The SMILES string of the molecule is CCN(CC)c1ccc(C2CC(=O)Nc3cc(OC)cc(OC)c32)cc1. The molecule has 5 nitrogen and oxygen atoms in total. The van der Waals surface area contributed by atoms with Gasteiger partial charge in [-0.15, -0.1) is 0 Å². The fraction of sp³-hybridized carbons (Fsp3) is 0.381. The molecule has 0 fully saturated rings. The average Bonchev–Trinajstić information content (AvgIpc) is 2.67. The molecule has 2 aromatic rings. The van der Waals surface area contributed by atoms with Crippen molar-refractivity contribution in [1.82, 2.24) is 0 Å². The molecule has 0 saturated heterocycles. The number of methoxy groups -OCH3 is 2. The Balaban J connectivity index is 2.03. The lowest BCUT2D eigenvalue weighted by atomic mass is 9.84. The summed E-state index contributed by atoms with van der Waals surface area (Å²) in [5.74, 6) is 1.37. The molecule has 0 radical (unpaired) electrons. The molecule has 1 atom stereocenters. The molecule has 2 aromatic carbocycles. The van der Waals surface area contributed by atoms with E-state index in [9.17, 15) is 4.79 Å². The zero-order valence-corrected chi connectivity index (χ0v) is 15.8. The van der Waals surface area contributed by atoms with Crippen LogP contribution in [0.1, 0.15) is 37.3 Å². The first-order valence-electron chi connectivity index (χ1n) is 9.01. The van der Waals surface area contributed by atoms with Gasteiger partial charge in [0.2, 0.25) is 5.91 Å². The van der Waals surface area contributed by atoms with Crippen LogP contribution in [0.2, 0.25) is 0 Å². The molecule has 1 N–H and O–H groups in total. The summed E-state index contributed by atoms with van der Waals surface area (Å²) in [5, 5.41) is 2.95. The van der Waals surface area contributed by atoms with Gasteiger partial charge in [-0.05, 0) is 31.5 Å². The maximum Gasteiger partial charge on any atom is 0.225 e. The van der Waals surface area contributed by atoms with Crippen LogP contribution in [-0.2, 0) is 4.79 Å². The van der Waals surface area contributed by atoms with Crippen LogP contribution in [0.15, 0.2) is 36.4 Å². The first-order valence-corrected chi connectivity index (χ1v) is 9.01. The van der Waals surface area contributed by atoms with Crippen molar-refractivity contribution in [2.45, 2.75) is 26.2 Å². The Morgan fingerprint density at radius 3 is 2.35 bits per heavy atom. The third-order valence-corrected chi connectivity index (χ3v) is 5.01. The highest BCUT2D eigenvalue weighted by atomic mass is 16.5. The predicted molar refractivity (Wildman–Crippen MR) is 105 cm³/mol. The minimum Gasteiger partial charge on any atom is -0.497 e. The van der Waals surface area contributed by atoms with Gasteiger partial charge in [-0.1, -0.05) is 12.1 Å². The van der Waals surface area contributed by atoms with Crippen molar-refractivity contribution < 1.29 is 14.3 Å². The number of carbonyl (C=O) groups is 1. The van der Waals surface area contributed by atoms with E-state index in [0.717, 1.165) is 35.7 Å². The number of nitrogens with zero attached hydrogens (tertiary/aromatic N) is 1. The molecule has 1 heterocycles. The maximum atomic E-state index is 12.3. The van der Waals surface area contributed by atoms with Gasteiger partial charge in [0.25, 0.3) is 0 Å². The van der Waals surface area contributed by atoms with Crippen molar-refractivity contribution in [3.8, 4) is 11.5 Å². The second-order valence-corrected chi connectivity index (χ2v) is 6.36. The molecule has 1 aliphatic rings. The van der Waals surface area contributed by atoms with E-state index in [1.165, 1.54) is 5.69 Å². The lowest BCUT2D eigenvalue weighted by Crippen LogP contribution is -2.24. The van der Waals surface area contributed by atoms with Crippen molar-refractivity contribution in [3.63, 3.8) is 0 Å². The minimum atomic E-state index is -0.0367. The highest BCUT2D eigenvalue weighted by Crippen LogP contribution is 2.45. The molecule has 0 aromatic heterocycles. The van der Waals surface area contributed by atoms with Gasteiger partial charge in [-0.3, -0.25) is 4.79 Å². The van der Waals surface area contributed by atoms with E-state index in [1.54, 1.807) is 14.2 Å². The summed E-state index contributed by atoms with van der Waals surface area (Å²) in [6.07, 6.45) is 0.403. The van der Waals surface area contributed by atoms with Crippen molar-refractivity contribution in [2.24, 2.45) is 0 Å². The van der Waals surface area contributed by atoms with Crippen LogP contribution < -0.4 is 19.7 Å². The third kappa shape index (κ3) is 3.34. The molecule has 5 heteroatoms. The molecular weight excluding hydrogens is 328 g/mol. The zero-order valence-electron chi connectivity index (χ0n) is 15.8. The van der Waals surface area contributed by atoms with Crippen molar-refractivity contribution in [2.75, 3.05) is 37.5 Å². The molecule has 138 valence electrons. The maximum absolute atomic E-state index is 12.3. The van der Waals surface area contributed by atoms with Crippen LogP contribution in [-0.4, -0.2) is 33.2 Å². The Bertz CT molecular complexity index is 783. The van der Waals surface area contributed by atoms with Gasteiger partial charge in [0.15, 0.2) is 0 Å². The van der Waals surface area contributed by atoms with Gasteiger partial charge in [0.05, 0.1) is 19.9 Å². The van der Waals surface area contributed by atoms with Crippen LogP contribution in [0.3, 0.4) is 0 Å². The Morgan fingerprint density at radius 2 is 1.77 bits per heavy atom. The van der Waals surface area contributed by atoms with Gasteiger partial charge in [-0.25, -0.2) is 0 Å². The lowest BCUT2D eigenvalue weighted by molar-refractivity contribution is -0.116. The average molecular weight is 354 g/mol. The fourth-order valence-electron chi connectivity index (χ4n) is 3.63. The second-order valence-electron chi connectivity index (χ2n) is 6.36. The first kappa shape index (κ1) is 18.1. The summed E-state index contributed by atoms with van der Waals surface area (Å²) in [7, 11) is 3.25. The highest BCUT2D eigenvalue weighted by Gasteiger charge is 2.30. The van der Waals surface area contributed by atoms with Crippen LogP contribution in [0.25, 0.3) is 0 Å². The van der Waals surface area contributed by atoms with Crippen molar-refractivity contribution in [1.29, 1.82) is 0 Å². The Morgan fingerprint density at radius 1 is 1.08 bits per heavy atom. The number of ether oxygens (including phenoxy) is 2. The van der Waals surface area contributed by atoms with Crippen LogP contribution in [0.4, 0.5) is 11.4 Å². The molecule has 0 saturated carbocycles. The van der Waals surface area contributed by atoms with Gasteiger partial charge in [-0.2, -0.15) is 0 Å². The summed E-state index contributed by atoms with van der Waals surface area (Å²) < 4.78 is 10.9. The topological polar surface area (TPSA) is 50.8 Å². The summed E-state index contributed by atoms with van der Waals surface area (Å²) in [4.78, 5) is 14.6. The minimum absolute atomic E-state index is 0.00521. The largest absolute Gasteiger partial charge is 0.497 e. The fourth-order valence-corrected chi connectivity index (χ4v) is 3.63. The van der Waals surface area contributed by atoms with E-state index < -0.39 is 0 Å². The summed E-state index contributed by atoms with van der Waals surface area (Å²) >= 11 is 0. The van der Waals surface area contributed by atoms with E-state index in [-0.39, 0.29) is 11.8 Å². The van der Waals surface area contributed by atoms with Gasteiger partial charge in [0.1, 0.15) is 11.5 Å². The second kappa shape index (κ2) is 7.68. The molecule has 1 unspecified atom stereocenters. The first-order chi connectivity index (χ1) is 12.6. The highest BCUT2D eigenvalue weighted by molar-refractivity contribution is 5.96. The van der Waals surface area contributed by atoms with Crippen molar-refractivity contribution in [3.05, 3.63) is 47.5 Å². The molecule has 0 bridgehead atoms. The number of benzene rings is 2. The molecule has 3 rings (SSSR count). The van der Waals surface area contributed by atoms with E-state index in [0.29, 0.717) is 12.2 Å². The van der Waals surface area contributed by atoms with Crippen LogP contribution >= 0.6 is 0 Å². The molecular formula is C21H26N2O3.